The quantitative estimate of drug-likeness (QED) is 0.812. The van der Waals surface area contributed by atoms with Crippen molar-refractivity contribution in [2.45, 2.75) is 13.8 Å². The highest BCUT2D eigenvalue weighted by atomic mass is 16.1. The van der Waals surface area contributed by atoms with Crippen LogP contribution < -0.4 is 16.4 Å². The third-order valence-corrected chi connectivity index (χ3v) is 2.95. The number of benzene rings is 1. The topological polar surface area (TPSA) is 85.2 Å². The molecule has 0 spiro atoms. The van der Waals surface area contributed by atoms with Crippen LogP contribution in [0.4, 0.5) is 11.5 Å². The van der Waals surface area contributed by atoms with Crippen LogP contribution in [0, 0.1) is 5.92 Å². The number of primary amides is 1. The second-order valence-corrected chi connectivity index (χ2v) is 5.36. The standard InChI is InChI=1S/C15H20N4O/c1-10(2)8-19(9-14(17)20)15-6-3-11-7-12(16)4-5-13(11)18-15/h3-7,10H,8-9,16H2,1-2H3,(H2,17,20). The van der Waals surface area contributed by atoms with E-state index in [-0.39, 0.29) is 12.5 Å². The van der Waals surface area contributed by atoms with Gasteiger partial charge in [0.1, 0.15) is 5.82 Å². The molecule has 20 heavy (non-hydrogen) atoms. The van der Waals surface area contributed by atoms with Crippen molar-refractivity contribution in [3.05, 3.63) is 30.3 Å². The van der Waals surface area contributed by atoms with Crippen molar-refractivity contribution in [1.29, 1.82) is 0 Å². The molecule has 1 amide bonds. The third-order valence-electron chi connectivity index (χ3n) is 2.95. The number of nitrogens with zero attached hydrogens (tertiary/aromatic N) is 2. The minimum absolute atomic E-state index is 0.172. The van der Waals surface area contributed by atoms with Gasteiger partial charge in [0.2, 0.25) is 5.91 Å². The van der Waals surface area contributed by atoms with Crippen LogP contribution in [-0.2, 0) is 4.79 Å². The summed E-state index contributed by atoms with van der Waals surface area (Å²) in [6.45, 7) is 5.09. The van der Waals surface area contributed by atoms with Crippen molar-refractivity contribution in [3.63, 3.8) is 0 Å². The Labute approximate surface area is 118 Å². The van der Waals surface area contributed by atoms with E-state index in [4.69, 9.17) is 11.5 Å². The lowest BCUT2D eigenvalue weighted by atomic mass is 10.2. The molecule has 0 unspecified atom stereocenters. The number of nitrogen functional groups attached to an aromatic ring is 1. The molecule has 0 bridgehead atoms. The molecule has 5 heteroatoms. The number of carbonyl (C=O) groups excluding carboxylic acids is 1. The van der Waals surface area contributed by atoms with Gasteiger partial charge >= 0.3 is 0 Å². The maximum absolute atomic E-state index is 11.2. The molecule has 2 rings (SSSR count). The summed E-state index contributed by atoms with van der Waals surface area (Å²) in [5, 5.41) is 0.984. The predicted molar refractivity (Wildman–Crippen MR) is 82.4 cm³/mol. The Morgan fingerprint density at radius 2 is 2.05 bits per heavy atom. The molecule has 5 nitrogen and oxygen atoms in total. The summed E-state index contributed by atoms with van der Waals surface area (Å²) in [5.74, 6) is 0.817. The van der Waals surface area contributed by atoms with E-state index in [2.05, 4.69) is 18.8 Å². The number of anilines is 2. The number of nitrogens with two attached hydrogens (primary N) is 2. The van der Waals surface area contributed by atoms with Crippen LogP contribution in [0.25, 0.3) is 10.9 Å². The van der Waals surface area contributed by atoms with E-state index >= 15 is 0 Å². The van der Waals surface area contributed by atoms with E-state index < -0.39 is 0 Å². The van der Waals surface area contributed by atoms with Gasteiger partial charge in [-0.3, -0.25) is 4.79 Å². The highest BCUT2D eigenvalue weighted by molar-refractivity contribution is 5.84. The fraction of sp³-hybridized carbons (Fsp3) is 0.333. The number of rotatable bonds is 5. The van der Waals surface area contributed by atoms with Crippen LogP contribution in [0.5, 0.6) is 0 Å². The van der Waals surface area contributed by atoms with E-state index in [1.54, 1.807) is 0 Å². The Hall–Kier alpha value is -2.30. The molecule has 2 aromatic rings. The van der Waals surface area contributed by atoms with Gasteiger partial charge in [0.15, 0.2) is 0 Å². The fourth-order valence-corrected chi connectivity index (χ4v) is 2.18. The Kier molecular flexibility index (Phi) is 4.08. The molecule has 1 heterocycles. The average Bonchev–Trinajstić information content (AvgIpc) is 2.36. The molecule has 0 fully saturated rings. The summed E-state index contributed by atoms with van der Waals surface area (Å²) in [6.07, 6.45) is 0. The summed E-state index contributed by atoms with van der Waals surface area (Å²) < 4.78 is 0. The third kappa shape index (κ3) is 3.38. The van der Waals surface area contributed by atoms with Crippen molar-refractivity contribution in [3.8, 4) is 0 Å². The predicted octanol–water partition coefficient (Wildman–Crippen LogP) is 1.76. The van der Waals surface area contributed by atoms with Crippen LogP contribution in [0.3, 0.4) is 0 Å². The van der Waals surface area contributed by atoms with Crippen molar-refractivity contribution >= 4 is 28.3 Å². The first-order chi connectivity index (χ1) is 9.45. The van der Waals surface area contributed by atoms with Crippen LogP contribution in [0.15, 0.2) is 30.3 Å². The van der Waals surface area contributed by atoms with Gasteiger partial charge in [-0.15, -0.1) is 0 Å². The van der Waals surface area contributed by atoms with E-state index in [1.165, 1.54) is 0 Å². The molecule has 106 valence electrons. The van der Waals surface area contributed by atoms with Gasteiger partial charge in [-0.1, -0.05) is 13.8 Å². The summed E-state index contributed by atoms with van der Waals surface area (Å²) in [4.78, 5) is 17.7. The second-order valence-electron chi connectivity index (χ2n) is 5.36. The summed E-state index contributed by atoms with van der Waals surface area (Å²) in [5.41, 5.74) is 12.6. The lowest BCUT2D eigenvalue weighted by Gasteiger charge is -2.24. The van der Waals surface area contributed by atoms with Gasteiger partial charge in [-0.25, -0.2) is 4.98 Å². The van der Waals surface area contributed by atoms with E-state index in [0.717, 1.165) is 23.3 Å². The van der Waals surface area contributed by atoms with E-state index in [0.29, 0.717) is 11.6 Å². The van der Waals surface area contributed by atoms with Crippen molar-refractivity contribution in [1.82, 2.24) is 4.98 Å². The molecule has 0 saturated carbocycles. The number of fused-ring (bicyclic) bond motifs is 1. The Morgan fingerprint density at radius 1 is 1.30 bits per heavy atom. The molecule has 0 aliphatic heterocycles. The molecule has 0 atom stereocenters. The van der Waals surface area contributed by atoms with Crippen molar-refractivity contribution in [2.24, 2.45) is 11.7 Å². The molecule has 0 aliphatic carbocycles. The largest absolute Gasteiger partial charge is 0.399 e. The first kappa shape index (κ1) is 14.1. The van der Waals surface area contributed by atoms with Gasteiger partial charge in [0.05, 0.1) is 12.1 Å². The summed E-state index contributed by atoms with van der Waals surface area (Å²) in [6, 6.07) is 9.44. The van der Waals surface area contributed by atoms with Gasteiger partial charge in [0, 0.05) is 17.6 Å². The Bertz CT molecular complexity index is 624. The zero-order valence-electron chi connectivity index (χ0n) is 11.8. The highest BCUT2D eigenvalue weighted by Gasteiger charge is 2.13. The van der Waals surface area contributed by atoms with Crippen LogP contribution in [0.2, 0.25) is 0 Å². The summed E-state index contributed by atoms with van der Waals surface area (Å²) in [7, 11) is 0. The lowest BCUT2D eigenvalue weighted by molar-refractivity contribution is -0.116. The monoisotopic (exact) mass is 272 g/mol. The van der Waals surface area contributed by atoms with Crippen LogP contribution >= 0.6 is 0 Å². The minimum Gasteiger partial charge on any atom is -0.399 e. The zero-order valence-corrected chi connectivity index (χ0v) is 11.8. The summed E-state index contributed by atoms with van der Waals surface area (Å²) >= 11 is 0. The van der Waals surface area contributed by atoms with Crippen LogP contribution in [-0.4, -0.2) is 24.0 Å². The van der Waals surface area contributed by atoms with E-state index in [1.807, 2.05) is 35.2 Å². The zero-order chi connectivity index (χ0) is 14.7. The normalized spacial score (nSPS) is 10.9. The number of hydrogen-bond donors (Lipinski definition) is 2. The number of carbonyl (C=O) groups is 1. The molecular formula is C15H20N4O. The van der Waals surface area contributed by atoms with Gasteiger partial charge in [-0.05, 0) is 36.2 Å². The van der Waals surface area contributed by atoms with Crippen LogP contribution in [0.1, 0.15) is 13.8 Å². The Morgan fingerprint density at radius 3 is 2.70 bits per heavy atom. The maximum atomic E-state index is 11.2. The van der Waals surface area contributed by atoms with Crippen molar-refractivity contribution in [2.75, 3.05) is 23.7 Å². The van der Waals surface area contributed by atoms with Gasteiger partial charge in [-0.2, -0.15) is 0 Å². The van der Waals surface area contributed by atoms with Crippen molar-refractivity contribution < 1.29 is 4.79 Å². The highest BCUT2D eigenvalue weighted by Crippen LogP contribution is 2.20. The lowest BCUT2D eigenvalue weighted by Crippen LogP contribution is -2.36. The minimum atomic E-state index is -0.357. The van der Waals surface area contributed by atoms with Gasteiger partial charge in [0.25, 0.3) is 0 Å². The number of hydrogen-bond acceptors (Lipinski definition) is 4. The Balaban J connectivity index is 2.37. The number of amides is 1. The molecule has 1 aromatic carbocycles. The van der Waals surface area contributed by atoms with Gasteiger partial charge < -0.3 is 16.4 Å². The first-order valence-electron chi connectivity index (χ1n) is 6.65. The molecule has 0 saturated heterocycles. The molecule has 1 aromatic heterocycles. The van der Waals surface area contributed by atoms with E-state index in [9.17, 15) is 4.79 Å². The smallest absolute Gasteiger partial charge is 0.236 e. The molecule has 0 aliphatic rings. The average molecular weight is 272 g/mol. The first-order valence-corrected chi connectivity index (χ1v) is 6.65. The molecule has 4 N–H and O–H groups in total. The fourth-order valence-electron chi connectivity index (χ4n) is 2.18. The number of aromatic nitrogens is 1. The molecular weight excluding hydrogens is 252 g/mol. The second kappa shape index (κ2) is 5.77. The number of pyridine rings is 1. The molecule has 0 radical (unpaired) electrons. The maximum Gasteiger partial charge on any atom is 0.236 e. The SMILES string of the molecule is CC(C)CN(CC(N)=O)c1ccc2cc(N)ccc2n1.